The summed E-state index contributed by atoms with van der Waals surface area (Å²) in [5.41, 5.74) is 2.36. The standard InChI is InChI=1S/C12H20O2/c1-9(2)6-5-7-10(3)8-12(14)11(4)13/h6,8,12,14H,5,7H2,1-4H3/b10-8+/t12-/m1/s1. The fourth-order valence-electron chi connectivity index (χ4n) is 1.06. The maximum atomic E-state index is 10.8. The predicted octanol–water partition coefficient (Wildman–Crippen LogP) is 2.63. The van der Waals surface area contributed by atoms with Gasteiger partial charge in [0.05, 0.1) is 0 Å². The van der Waals surface area contributed by atoms with Crippen LogP contribution in [0.2, 0.25) is 0 Å². The predicted molar refractivity (Wildman–Crippen MR) is 59.1 cm³/mol. The van der Waals surface area contributed by atoms with E-state index in [2.05, 4.69) is 19.9 Å². The fraction of sp³-hybridized carbons (Fsp3) is 0.583. The minimum Gasteiger partial charge on any atom is -0.381 e. The van der Waals surface area contributed by atoms with Crippen LogP contribution in [0.3, 0.4) is 0 Å². The molecule has 0 rings (SSSR count). The second-order valence-electron chi connectivity index (χ2n) is 3.89. The third-order valence-corrected chi connectivity index (χ3v) is 1.95. The van der Waals surface area contributed by atoms with E-state index in [9.17, 15) is 9.90 Å². The molecule has 2 nitrogen and oxygen atoms in total. The van der Waals surface area contributed by atoms with Crippen LogP contribution >= 0.6 is 0 Å². The summed E-state index contributed by atoms with van der Waals surface area (Å²) < 4.78 is 0. The SMILES string of the molecule is CC(=O)[C@H](O)/C=C(\C)CCC=C(C)C. The summed E-state index contributed by atoms with van der Waals surface area (Å²) >= 11 is 0. The monoisotopic (exact) mass is 196 g/mol. The van der Waals surface area contributed by atoms with E-state index < -0.39 is 6.10 Å². The number of hydrogen-bond acceptors (Lipinski definition) is 2. The highest BCUT2D eigenvalue weighted by molar-refractivity contribution is 5.82. The van der Waals surface area contributed by atoms with Crippen molar-refractivity contribution in [2.75, 3.05) is 0 Å². The van der Waals surface area contributed by atoms with Gasteiger partial charge in [-0.2, -0.15) is 0 Å². The van der Waals surface area contributed by atoms with Crippen molar-refractivity contribution in [1.29, 1.82) is 0 Å². The Hall–Kier alpha value is -0.890. The van der Waals surface area contributed by atoms with Crippen molar-refractivity contribution in [2.24, 2.45) is 0 Å². The fourth-order valence-corrected chi connectivity index (χ4v) is 1.06. The van der Waals surface area contributed by atoms with Gasteiger partial charge < -0.3 is 5.11 Å². The van der Waals surface area contributed by atoms with Crippen LogP contribution in [0.15, 0.2) is 23.3 Å². The zero-order valence-electron chi connectivity index (χ0n) is 9.50. The van der Waals surface area contributed by atoms with E-state index in [0.717, 1.165) is 18.4 Å². The van der Waals surface area contributed by atoms with Gasteiger partial charge in [0, 0.05) is 0 Å². The van der Waals surface area contributed by atoms with Gasteiger partial charge in [0.2, 0.25) is 0 Å². The molecule has 0 aliphatic rings. The largest absolute Gasteiger partial charge is 0.381 e. The summed E-state index contributed by atoms with van der Waals surface area (Å²) in [6.45, 7) is 7.45. The summed E-state index contributed by atoms with van der Waals surface area (Å²) in [4.78, 5) is 10.8. The maximum absolute atomic E-state index is 10.8. The second-order valence-corrected chi connectivity index (χ2v) is 3.89. The Kier molecular flexibility index (Phi) is 6.13. The molecule has 0 spiro atoms. The molecular formula is C12H20O2. The smallest absolute Gasteiger partial charge is 0.162 e. The van der Waals surface area contributed by atoms with E-state index >= 15 is 0 Å². The molecule has 0 unspecified atom stereocenters. The number of hydrogen-bond donors (Lipinski definition) is 1. The number of rotatable bonds is 5. The third kappa shape index (κ3) is 6.61. The molecule has 0 aromatic rings. The molecule has 0 aliphatic carbocycles. The summed E-state index contributed by atoms with van der Waals surface area (Å²) in [7, 11) is 0. The van der Waals surface area contributed by atoms with Crippen LogP contribution in [0.1, 0.15) is 40.5 Å². The van der Waals surface area contributed by atoms with Crippen LogP contribution < -0.4 is 0 Å². The van der Waals surface area contributed by atoms with Crippen LogP contribution in [0, 0.1) is 0 Å². The average molecular weight is 196 g/mol. The Morgan fingerprint density at radius 2 is 1.86 bits per heavy atom. The molecule has 0 aliphatic heterocycles. The van der Waals surface area contributed by atoms with Gasteiger partial charge in [-0.3, -0.25) is 4.79 Å². The molecule has 0 aromatic carbocycles. The zero-order chi connectivity index (χ0) is 11.1. The first-order valence-electron chi connectivity index (χ1n) is 4.92. The minimum absolute atomic E-state index is 0.202. The van der Waals surface area contributed by atoms with Crippen molar-refractivity contribution in [3.8, 4) is 0 Å². The van der Waals surface area contributed by atoms with Crippen molar-refractivity contribution in [1.82, 2.24) is 0 Å². The van der Waals surface area contributed by atoms with Crippen LogP contribution in [-0.2, 0) is 4.79 Å². The van der Waals surface area contributed by atoms with E-state index in [1.165, 1.54) is 12.5 Å². The number of aliphatic hydroxyl groups is 1. The van der Waals surface area contributed by atoms with Crippen molar-refractivity contribution >= 4 is 5.78 Å². The van der Waals surface area contributed by atoms with Gasteiger partial charge in [-0.1, -0.05) is 17.2 Å². The lowest BCUT2D eigenvalue weighted by molar-refractivity contribution is -0.122. The van der Waals surface area contributed by atoms with Crippen LogP contribution in [0.25, 0.3) is 0 Å². The summed E-state index contributed by atoms with van der Waals surface area (Å²) in [6.07, 6.45) is 4.71. The van der Waals surface area contributed by atoms with E-state index in [1.807, 2.05) is 6.92 Å². The lowest BCUT2D eigenvalue weighted by atomic mass is 10.1. The molecule has 0 amide bonds. The Balaban J connectivity index is 4.01. The van der Waals surface area contributed by atoms with Gasteiger partial charge >= 0.3 is 0 Å². The van der Waals surface area contributed by atoms with Crippen LogP contribution in [0.5, 0.6) is 0 Å². The van der Waals surface area contributed by atoms with Gasteiger partial charge in [0.15, 0.2) is 5.78 Å². The highest BCUT2D eigenvalue weighted by Crippen LogP contribution is 2.07. The Labute approximate surface area is 86.3 Å². The van der Waals surface area contributed by atoms with Gasteiger partial charge in [0.25, 0.3) is 0 Å². The first-order chi connectivity index (χ1) is 6.43. The molecule has 1 N–H and O–H groups in total. The first kappa shape index (κ1) is 13.1. The Bertz CT molecular complexity index is 245. The molecule has 14 heavy (non-hydrogen) atoms. The average Bonchev–Trinajstić information content (AvgIpc) is 2.02. The Morgan fingerprint density at radius 1 is 1.29 bits per heavy atom. The summed E-state index contributed by atoms with van der Waals surface area (Å²) in [5, 5.41) is 9.26. The van der Waals surface area contributed by atoms with Crippen molar-refractivity contribution in [3.05, 3.63) is 23.3 Å². The van der Waals surface area contributed by atoms with E-state index in [-0.39, 0.29) is 5.78 Å². The van der Waals surface area contributed by atoms with Crippen LogP contribution in [-0.4, -0.2) is 17.0 Å². The first-order valence-corrected chi connectivity index (χ1v) is 4.92. The molecular weight excluding hydrogens is 176 g/mol. The van der Waals surface area contributed by atoms with Crippen LogP contribution in [0.4, 0.5) is 0 Å². The van der Waals surface area contributed by atoms with Crippen molar-refractivity contribution in [3.63, 3.8) is 0 Å². The highest BCUT2D eigenvalue weighted by atomic mass is 16.3. The van der Waals surface area contributed by atoms with Gasteiger partial charge in [-0.05, 0) is 46.6 Å². The second kappa shape index (κ2) is 6.55. The van der Waals surface area contributed by atoms with Crippen molar-refractivity contribution < 1.29 is 9.90 Å². The minimum atomic E-state index is -0.929. The molecule has 0 fully saturated rings. The normalized spacial score (nSPS) is 13.6. The molecule has 80 valence electrons. The summed E-state index contributed by atoms with van der Waals surface area (Å²) in [6, 6.07) is 0. The number of allylic oxidation sites excluding steroid dienone is 3. The third-order valence-electron chi connectivity index (χ3n) is 1.95. The molecule has 0 aromatic heterocycles. The van der Waals surface area contributed by atoms with Crippen molar-refractivity contribution in [2.45, 2.75) is 46.6 Å². The topological polar surface area (TPSA) is 37.3 Å². The van der Waals surface area contributed by atoms with E-state index in [4.69, 9.17) is 0 Å². The van der Waals surface area contributed by atoms with E-state index in [1.54, 1.807) is 6.08 Å². The number of carbonyl (C=O) groups is 1. The lowest BCUT2D eigenvalue weighted by Gasteiger charge is -2.03. The molecule has 0 radical (unpaired) electrons. The number of Topliss-reactive ketones (excluding diaryl/α,β-unsaturated/α-hetero) is 1. The maximum Gasteiger partial charge on any atom is 0.162 e. The molecule has 2 heteroatoms. The molecule has 0 saturated heterocycles. The molecule has 0 bridgehead atoms. The number of carbonyl (C=O) groups excluding carboxylic acids is 1. The number of aliphatic hydroxyl groups excluding tert-OH is 1. The lowest BCUT2D eigenvalue weighted by Crippen LogP contribution is -2.13. The molecule has 0 heterocycles. The zero-order valence-corrected chi connectivity index (χ0v) is 9.50. The Morgan fingerprint density at radius 3 is 2.29 bits per heavy atom. The quantitative estimate of drug-likeness (QED) is 0.686. The van der Waals surface area contributed by atoms with Gasteiger partial charge in [0.1, 0.15) is 6.10 Å². The highest BCUT2D eigenvalue weighted by Gasteiger charge is 2.05. The summed E-state index contributed by atoms with van der Waals surface area (Å²) in [5.74, 6) is -0.202. The number of ketones is 1. The van der Waals surface area contributed by atoms with Gasteiger partial charge in [-0.15, -0.1) is 0 Å². The molecule has 0 saturated carbocycles. The van der Waals surface area contributed by atoms with E-state index in [0.29, 0.717) is 0 Å². The van der Waals surface area contributed by atoms with Gasteiger partial charge in [-0.25, -0.2) is 0 Å². The molecule has 1 atom stereocenters.